The van der Waals surface area contributed by atoms with Gasteiger partial charge in [0.15, 0.2) is 0 Å². The molecule has 0 spiro atoms. The number of hydrogen-bond acceptors (Lipinski definition) is 1. The van der Waals surface area contributed by atoms with Crippen LogP contribution in [0, 0.1) is 0 Å². The van der Waals surface area contributed by atoms with Crippen molar-refractivity contribution in [2.45, 2.75) is 26.2 Å². The van der Waals surface area contributed by atoms with Crippen molar-refractivity contribution in [2.75, 3.05) is 11.9 Å². The minimum absolute atomic E-state index is 0.803. The standard InChI is InChI=1S/C23H27N/c1-4-7-18-24-22-17-12-11-16-21(22)23(19(6-3)13-5-2)20-14-9-8-10-15-20/h5-6,8-12,14-17,24H,2-4,7,13,18H2,1H3/b23-19-. The topological polar surface area (TPSA) is 12.0 Å². The molecule has 2 rings (SSSR count). The smallest absolute Gasteiger partial charge is 0.0420 e. The highest BCUT2D eigenvalue weighted by molar-refractivity contribution is 5.89. The minimum atomic E-state index is 0.803. The first-order valence-corrected chi connectivity index (χ1v) is 8.67. The second-order valence-corrected chi connectivity index (χ2v) is 5.79. The Hall–Kier alpha value is -2.54. The van der Waals surface area contributed by atoms with Gasteiger partial charge >= 0.3 is 0 Å². The third-order valence-corrected chi connectivity index (χ3v) is 4.04. The van der Waals surface area contributed by atoms with Crippen LogP contribution in [-0.2, 0) is 0 Å². The molecule has 24 heavy (non-hydrogen) atoms. The Bertz CT molecular complexity index is 695. The average Bonchev–Trinajstić information content (AvgIpc) is 2.63. The van der Waals surface area contributed by atoms with Crippen LogP contribution in [0.5, 0.6) is 0 Å². The lowest BCUT2D eigenvalue weighted by Crippen LogP contribution is -2.05. The predicted molar refractivity (Wildman–Crippen MR) is 107 cm³/mol. The zero-order valence-corrected chi connectivity index (χ0v) is 14.6. The summed E-state index contributed by atoms with van der Waals surface area (Å²) < 4.78 is 0. The fourth-order valence-electron chi connectivity index (χ4n) is 2.82. The fraction of sp³-hybridized carbons (Fsp3) is 0.217. The van der Waals surface area contributed by atoms with Crippen LogP contribution in [0.2, 0.25) is 0 Å². The maximum atomic E-state index is 4.03. The van der Waals surface area contributed by atoms with Crippen LogP contribution in [0.1, 0.15) is 37.3 Å². The number of rotatable bonds is 9. The van der Waals surface area contributed by atoms with Gasteiger partial charge in [0.2, 0.25) is 0 Å². The Balaban J connectivity index is 2.56. The van der Waals surface area contributed by atoms with E-state index in [4.69, 9.17) is 0 Å². The molecule has 0 aliphatic rings. The van der Waals surface area contributed by atoms with E-state index in [9.17, 15) is 0 Å². The summed E-state index contributed by atoms with van der Waals surface area (Å²) in [5.74, 6) is 0. The molecule has 2 aromatic carbocycles. The van der Waals surface area contributed by atoms with Crippen LogP contribution >= 0.6 is 0 Å². The zero-order valence-electron chi connectivity index (χ0n) is 14.6. The zero-order chi connectivity index (χ0) is 17.2. The molecule has 0 radical (unpaired) electrons. The lowest BCUT2D eigenvalue weighted by molar-refractivity contribution is 0.834. The Labute approximate surface area is 146 Å². The van der Waals surface area contributed by atoms with Gasteiger partial charge in [-0.2, -0.15) is 0 Å². The monoisotopic (exact) mass is 317 g/mol. The van der Waals surface area contributed by atoms with Crippen molar-refractivity contribution in [2.24, 2.45) is 0 Å². The Morgan fingerprint density at radius 3 is 2.38 bits per heavy atom. The van der Waals surface area contributed by atoms with Crippen LogP contribution < -0.4 is 5.32 Å². The largest absolute Gasteiger partial charge is 0.385 e. The Morgan fingerprint density at radius 2 is 1.71 bits per heavy atom. The lowest BCUT2D eigenvalue weighted by Gasteiger charge is -2.18. The molecular formula is C23H27N. The molecule has 0 bridgehead atoms. The molecule has 0 fully saturated rings. The highest BCUT2D eigenvalue weighted by Crippen LogP contribution is 2.33. The Kier molecular flexibility index (Phi) is 7.10. The maximum absolute atomic E-state index is 4.03. The van der Waals surface area contributed by atoms with Gasteiger partial charge in [-0.25, -0.2) is 0 Å². The molecule has 1 N–H and O–H groups in total. The molecule has 0 unspecified atom stereocenters. The van der Waals surface area contributed by atoms with Crippen molar-refractivity contribution in [3.05, 3.63) is 96.6 Å². The molecule has 1 heteroatoms. The molecule has 0 aromatic heterocycles. The number of hydrogen-bond donors (Lipinski definition) is 1. The molecule has 124 valence electrons. The van der Waals surface area contributed by atoms with E-state index >= 15 is 0 Å². The van der Waals surface area contributed by atoms with Gasteiger partial charge in [0, 0.05) is 17.8 Å². The van der Waals surface area contributed by atoms with Crippen LogP contribution in [0.3, 0.4) is 0 Å². The van der Waals surface area contributed by atoms with Gasteiger partial charge in [-0.05, 0) is 35.6 Å². The van der Waals surface area contributed by atoms with E-state index in [2.05, 4.69) is 73.9 Å². The summed E-state index contributed by atoms with van der Waals surface area (Å²) >= 11 is 0. The summed E-state index contributed by atoms with van der Waals surface area (Å²) in [5.41, 5.74) is 6.02. The quantitative estimate of drug-likeness (QED) is 0.318. The van der Waals surface area contributed by atoms with E-state index in [1.165, 1.54) is 40.8 Å². The van der Waals surface area contributed by atoms with Crippen molar-refractivity contribution in [3.8, 4) is 0 Å². The van der Waals surface area contributed by atoms with Crippen molar-refractivity contribution in [1.29, 1.82) is 0 Å². The van der Waals surface area contributed by atoms with Gasteiger partial charge in [0.05, 0.1) is 0 Å². The van der Waals surface area contributed by atoms with E-state index in [0.717, 1.165) is 13.0 Å². The normalized spacial score (nSPS) is 11.5. The van der Waals surface area contributed by atoms with Gasteiger partial charge in [-0.15, -0.1) is 6.58 Å². The summed E-state index contributed by atoms with van der Waals surface area (Å²) in [4.78, 5) is 0. The summed E-state index contributed by atoms with van der Waals surface area (Å²) in [6.07, 6.45) is 7.04. The average molecular weight is 317 g/mol. The Morgan fingerprint density at radius 1 is 1.00 bits per heavy atom. The summed E-state index contributed by atoms with van der Waals surface area (Å²) in [7, 11) is 0. The van der Waals surface area contributed by atoms with E-state index in [1.54, 1.807) is 0 Å². The molecule has 0 heterocycles. The number of para-hydroxylation sites is 1. The van der Waals surface area contributed by atoms with Crippen molar-refractivity contribution < 1.29 is 0 Å². The number of unbranched alkanes of at least 4 members (excludes halogenated alkanes) is 1. The fourth-order valence-corrected chi connectivity index (χ4v) is 2.82. The minimum Gasteiger partial charge on any atom is -0.385 e. The first-order chi connectivity index (χ1) is 11.8. The van der Waals surface area contributed by atoms with Crippen LogP contribution in [-0.4, -0.2) is 6.54 Å². The van der Waals surface area contributed by atoms with E-state index in [-0.39, 0.29) is 0 Å². The number of benzene rings is 2. The highest BCUT2D eigenvalue weighted by atomic mass is 14.9. The third kappa shape index (κ3) is 4.48. The molecule has 0 saturated heterocycles. The summed E-state index contributed by atoms with van der Waals surface area (Å²) in [5, 5.41) is 3.59. The first-order valence-electron chi connectivity index (χ1n) is 8.67. The number of allylic oxidation sites excluding steroid dienone is 3. The lowest BCUT2D eigenvalue weighted by atomic mass is 9.90. The molecule has 0 saturated carbocycles. The van der Waals surface area contributed by atoms with Crippen LogP contribution in [0.15, 0.2) is 85.5 Å². The first kappa shape index (κ1) is 17.8. The van der Waals surface area contributed by atoms with Crippen LogP contribution in [0.25, 0.3) is 5.57 Å². The highest BCUT2D eigenvalue weighted by Gasteiger charge is 2.13. The van der Waals surface area contributed by atoms with E-state index < -0.39 is 0 Å². The molecule has 0 amide bonds. The molecule has 0 atom stereocenters. The van der Waals surface area contributed by atoms with Crippen molar-refractivity contribution in [1.82, 2.24) is 0 Å². The van der Waals surface area contributed by atoms with Crippen LogP contribution in [0.4, 0.5) is 5.69 Å². The number of nitrogens with one attached hydrogen (secondary N) is 1. The molecule has 2 aromatic rings. The summed E-state index contributed by atoms with van der Waals surface area (Å²) in [6.45, 7) is 11.1. The molecule has 0 aliphatic heterocycles. The second-order valence-electron chi connectivity index (χ2n) is 5.79. The summed E-state index contributed by atoms with van der Waals surface area (Å²) in [6, 6.07) is 19.0. The predicted octanol–water partition coefficient (Wildman–Crippen LogP) is 6.46. The molecule has 0 aliphatic carbocycles. The number of anilines is 1. The third-order valence-electron chi connectivity index (χ3n) is 4.04. The van der Waals surface area contributed by atoms with Gasteiger partial charge in [-0.3, -0.25) is 0 Å². The van der Waals surface area contributed by atoms with E-state index in [0.29, 0.717) is 0 Å². The van der Waals surface area contributed by atoms with Crippen molar-refractivity contribution >= 4 is 11.3 Å². The molecule has 1 nitrogen and oxygen atoms in total. The van der Waals surface area contributed by atoms with Gasteiger partial charge in [0.1, 0.15) is 0 Å². The SMILES string of the molecule is C=CC/C(C=C)=C(/c1ccccc1)c1ccccc1NCCCC. The van der Waals surface area contributed by atoms with E-state index in [1.807, 2.05) is 18.2 Å². The van der Waals surface area contributed by atoms with Gasteiger partial charge in [-0.1, -0.05) is 80.6 Å². The molecular weight excluding hydrogens is 290 g/mol. The van der Waals surface area contributed by atoms with Gasteiger partial charge in [0.25, 0.3) is 0 Å². The maximum Gasteiger partial charge on any atom is 0.0420 e. The van der Waals surface area contributed by atoms with Gasteiger partial charge < -0.3 is 5.32 Å². The van der Waals surface area contributed by atoms with Crippen molar-refractivity contribution in [3.63, 3.8) is 0 Å². The second kappa shape index (κ2) is 9.57.